The third-order valence-corrected chi connectivity index (χ3v) is 9.27. The van der Waals surface area contributed by atoms with Gasteiger partial charge in [-0.1, -0.05) is 71.4 Å². The van der Waals surface area contributed by atoms with E-state index in [-0.39, 0.29) is 60.1 Å². The Balaban J connectivity index is 1.70. The fraction of sp³-hybridized carbons (Fsp3) is 0.765. The number of aliphatic hydroxyl groups excluding tert-OH is 1. The summed E-state index contributed by atoms with van der Waals surface area (Å²) < 4.78 is 12.2. The van der Waals surface area contributed by atoms with E-state index in [1.165, 1.54) is 0 Å². The Labute approximate surface area is 248 Å². The van der Waals surface area contributed by atoms with E-state index in [1.54, 1.807) is 4.90 Å². The average Bonchev–Trinajstić information content (AvgIpc) is 2.90. The zero-order valence-corrected chi connectivity index (χ0v) is 26.6. The normalized spacial score (nSPS) is 34.2. The fourth-order valence-corrected chi connectivity index (χ4v) is 6.48. The van der Waals surface area contributed by atoms with Gasteiger partial charge in [0.05, 0.1) is 18.6 Å². The van der Waals surface area contributed by atoms with Crippen molar-refractivity contribution in [1.29, 1.82) is 0 Å². The Morgan fingerprint density at radius 2 is 1.80 bits per heavy atom. The van der Waals surface area contributed by atoms with Gasteiger partial charge in [0, 0.05) is 12.5 Å². The summed E-state index contributed by atoms with van der Waals surface area (Å²) in [5.74, 6) is -1.68. The van der Waals surface area contributed by atoms with Crippen LogP contribution in [0.4, 0.5) is 0 Å². The summed E-state index contributed by atoms with van der Waals surface area (Å²) >= 11 is 0. The number of likely N-dealkylation sites (tertiary alicyclic amines) is 1. The number of esters is 1. The molecular weight excluding hydrogens is 518 g/mol. The summed E-state index contributed by atoms with van der Waals surface area (Å²) in [5.41, 5.74) is 2.01. The second-order valence-electron chi connectivity index (χ2n) is 13.6. The smallest absolute Gasteiger partial charge is 0.329 e. The van der Waals surface area contributed by atoms with Crippen molar-refractivity contribution in [3.8, 4) is 0 Å². The third-order valence-electron chi connectivity index (χ3n) is 9.27. The Hall–Kier alpha value is -1.96. The van der Waals surface area contributed by atoms with Crippen LogP contribution in [0.25, 0.3) is 0 Å². The first-order valence-corrected chi connectivity index (χ1v) is 15.8. The lowest BCUT2D eigenvalue weighted by atomic mass is 9.85. The molecule has 0 aromatic rings. The summed E-state index contributed by atoms with van der Waals surface area (Å²) in [7, 11) is 0. The van der Waals surface area contributed by atoms with Gasteiger partial charge in [-0.15, -0.1) is 0 Å². The minimum atomic E-state index is -1.53. The van der Waals surface area contributed by atoms with Crippen LogP contribution < -0.4 is 0 Å². The van der Waals surface area contributed by atoms with Crippen molar-refractivity contribution in [3.63, 3.8) is 0 Å². The number of hydrogen-bond acceptors (Lipinski definition) is 6. The second-order valence-corrected chi connectivity index (χ2v) is 13.6. The van der Waals surface area contributed by atoms with Gasteiger partial charge in [-0.3, -0.25) is 4.79 Å². The monoisotopic (exact) mass is 573 g/mol. The zero-order chi connectivity index (χ0) is 30.5. The van der Waals surface area contributed by atoms with Crippen molar-refractivity contribution in [3.05, 3.63) is 35.5 Å². The highest BCUT2D eigenvalue weighted by atomic mass is 16.6. The van der Waals surface area contributed by atoms with Crippen LogP contribution in [0.15, 0.2) is 35.5 Å². The van der Waals surface area contributed by atoms with Crippen LogP contribution in [0.1, 0.15) is 100 Å². The molecule has 2 aliphatic heterocycles. The molecule has 2 saturated heterocycles. The second kappa shape index (κ2) is 14.5. The van der Waals surface area contributed by atoms with Crippen molar-refractivity contribution in [1.82, 2.24) is 4.90 Å². The van der Waals surface area contributed by atoms with E-state index in [0.29, 0.717) is 19.4 Å². The zero-order valence-electron chi connectivity index (χ0n) is 26.6. The molecule has 41 heavy (non-hydrogen) atoms. The largest absolute Gasteiger partial charge is 0.456 e. The number of rotatable bonds is 9. The molecular formula is C34H55NO6. The van der Waals surface area contributed by atoms with Crippen molar-refractivity contribution in [2.75, 3.05) is 6.54 Å². The summed E-state index contributed by atoms with van der Waals surface area (Å²) in [6, 6.07) is -0.666. The highest BCUT2D eigenvalue weighted by Crippen LogP contribution is 2.38. The van der Waals surface area contributed by atoms with Crippen molar-refractivity contribution in [2.24, 2.45) is 29.6 Å². The van der Waals surface area contributed by atoms with Crippen LogP contribution in [0.5, 0.6) is 0 Å². The van der Waals surface area contributed by atoms with Crippen LogP contribution in [-0.2, 0) is 19.1 Å². The van der Waals surface area contributed by atoms with Crippen molar-refractivity contribution in [2.45, 2.75) is 130 Å². The van der Waals surface area contributed by atoms with Gasteiger partial charge in [-0.25, -0.2) is 4.79 Å². The first-order chi connectivity index (χ1) is 19.2. The minimum absolute atomic E-state index is 0.0538. The van der Waals surface area contributed by atoms with Crippen molar-refractivity contribution >= 4 is 11.9 Å². The van der Waals surface area contributed by atoms with Gasteiger partial charge in [0.1, 0.15) is 12.1 Å². The highest BCUT2D eigenvalue weighted by Gasteiger charge is 2.46. The lowest BCUT2D eigenvalue weighted by Crippen LogP contribution is -2.55. The molecule has 0 bridgehead atoms. The molecule has 2 heterocycles. The predicted molar refractivity (Wildman–Crippen MR) is 162 cm³/mol. The van der Waals surface area contributed by atoms with Crippen LogP contribution in [0.2, 0.25) is 0 Å². The maximum atomic E-state index is 13.6. The number of nitrogens with zero attached hydrogens (tertiary/aromatic N) is 1. The molecule has 232 valence electrons. The molecule has 0 aromatic carbocycles. The van der Waals surface area contributed by atoms with Gasteiger partial charge in [0.2, 0.25) is 5.91 Å². The van der Waals surface area contributed by atoms with E-state index < -0.39 is 17.9 Å². The van der Waals surface area contributed by atoms with Crippen molar-refractivity contribution < 1.29 is 29.3 Å². The number of carbonyl (C=O) groups excluding carboxylic acids is 2. The lowest BCUT2D eigenvalue weighted by Gasteiger charge is -2.44. The molecule has 2 fully saturated rings. The number of allylic oxidation sites excluding steroid dienone is 4. The summed E-state index contributed by atoms with van der Waals surface area (Å²) in [4.78, 5) is 28.8. The molecule has 8 atom stereocenters. The molecule has 3 rings (SSSR count). The molecule has 0 aromatic heterocycles. The topological polar surface area (TPSA) is 96.3 Å². The SMILES string of the molecule is CC(=C\C1C=CC(C)C(O)C1)/C=C(\C)C(OC(=O)C1CCCCN1C(=O)CC1(O)OC(C(C)C)CCC1C)C(C)C. The van der Waals surface area contributed by atoms with E-state index in [1.807, 2.05) is 41.5 Å². The van der Waals surface area contributed by atoms with Crippen LogP contribution in [0.3, 0.4) is 0 Å². The molecule has 7 nitrogen and oxygen atoms in total. The van der Waals surface area contributed by atoms with Gasteiger partial charge >= 0.3 is 5.97 Å². The summed E-state index contributed by atoms with van der Waals surface area (Å²) in [6.07, 6.45) is 12.0. The minimum Gasteiger partial charge on any atom is -0.456 e. The molecule has 1 amide bonds. The fourth-order valence-electron chi connectivity index (χ4n) is 6.48. The van der Waals surface area contributed by atoms with E-state index in [9.17, 15) is 19.8 Å². The first-order valence-electron chi connectivity index (χ1n) is 15.8. The quantitative estimate of drug-likeness (QED) is 0.201. The Bertz CT molecular complexity index is 999. The van der Waals surface area contributed by atoms with Gasteiger partial charge in [-0.05, 0) is 81.6 Å². The Kier molecular flexibility index (Phi) is 11.8. The number of piperidine rings is 1. The van der Waals surface area contributed by atoms with E-state index >= 15 is 0 Å². The molecule has 0 radical (unpaired) electrons. The maximum Gasteiger partial charge on any atom is 0.329 e. The number of hydrogen-bond donors (Lipinski definition) is 2. The lowest BCUT2D eigenvalue weighted by molar-refractivity contribution is -0.287. The maximum absolute atomic E-state index is 13.6. The van der Waals surface area contributed by atoms with Crippen LogP contribution >= 0.6 is 0 Å². The van der Waals surface area contributed by atoms with Gasteiger partial charge < -0.3 is 24.6 Å². The first kappa shape index (κ1) is 33.5. The number of amides is 1. The number of carbonyl (C=O) groups is 2. The molecule has 8 unspecified atom stereocenters. The molecule has 0 saturated carbocycles. The summed E-state index contributed by atoms with van der Waals surface area (Å²) in [6.45, 7) is 16.6. The van der Waals surface area contributed by atoms with E-state index in [4.69, 9.17) is 9.47 Å². The van der Waals surface area contributed by atoms with E-state index in [0.717, 1.165) is 36.8 Å². The molecule has 7 heteroatoms. The molecule has 2 N–H and O–H groups in total. The highest BCUT2D eigenvalue weighted by molar-refractivity contribution is 5.85. The molecule has 3 aliphatic rings. The molecule has 0 spiro atoms. The van der Waals surface area contributed by atoms with Gasteiger partial charge in [0.15, 0.2) is 5.79 Å². The summed E-state index contributed by atoms with van der Waals surface area (Å²) in [5, 5.41) is 21.6. The number of aliphatic hydroxyl groups is 2. The van der Waals surface area contributed by atoms with Gasteiger partial charge in [-0.2, -0.15) is 0 Å². The average molecular weight is 574 g/mol. The third kappa shape index (κ3) is 8.77. The number of ether oxygens (including phenoxy) is 2. The van der Waals surface area contributed by atoms with Gasteiger partial charge in [0.25, 0.3) is 0 Å². The Morgan fingerprint density at radius 1 is 1.10 bits per heavy atom. The van der Waals surface area contributed by atoms with E-state index in [2.05, 4.69) is 38.2 Å². The van der Waals surface area contributed by atoms with Crippen LogP contribution in [-0.4, -0.2) is 63.7 Å². The van der Waals surface area contributed by atoms with Crippen LogP contribution in [0, 0.1) is 29.6 Å². The standard InChI is InChI=1S/C34H55NO6/c1-21(2)30-15-13-26(8)34(39,41-30)20-31(37)35-16-10-9-11-28(35)33(38)40-32(22(3)4)25(7)17-23(5)18-27-14-12-24(6)29(36)19-27/h12,14,17-18,21-22,24,26-30,32,36,39H,9-11,13,15-16,19-20H2,1-8H3/b23-18+,25-17+. The predicted octanol–water partition coefficient (Wildman–Crippen LogP) is 5.95. The Morgan fingerprint density at radius 3 is 2.44 bits per heavy atom. The molecule has 1 aliphatic carbocycles.